The Kier molecular flexibility index (Phi) is 7.69. The first kappa shape index (κ1) is 27.9. The third-order valence-corrected chi connectivity index (χ3v) is 7.12. The smallest absolute Gasteiger partial charge is 0.336 e. The standard InChI is InChI=1S/C25H30O14/c1-8-3-14(28)37-21-10(8)4-11-9(2)7-34-20(11)23(21)39-25-19(33)17(31)22(13(6-27)36-25)38-24-18(32)16(30)15(29)12(5-26)35-24/h3-4,7,12-13,15-19,22,24-27,29-33H,5-6H2,1-2H3/t12-,13-,15+,16+,17-,18-,19-,22-,24+,25+/m1/s1. The summed E-state index contributed by atoms with van der Waals surface area (Å²) < 4.78 is 33.5. The summed E-state index contributed by atoms with van der Waals surface area (Å²) in [6.45, 7) is 2.06. The van der Waals surface area contributed by atoms with Crippen molar-refractivity contribution in [1.29, 1.82) is 0 Å². The van der Waals surface area contributed by atoms with Gasteiger partial charge in [-0.25, -0.2) is 4.79 Å². The van der Waals surface area contributed by atoms with Gasteiger partial charge in [-0.15, -0.1) is 0 Å². The molecule has 0 aliphatic carbocycles. The predicted octanol–water partition coefficient (Wildman–Crippen LogP) is -1.84. The van der Waals surface area contributed by atoms with Gasteiger partial charge in [0.05, 0.1) is 19.5 Å². The highest BCUT2D eigenvalue weighted by atomic mass is 16.7. The maximum atomic E-state index is 12.1. The molecule has 214 valence electrons. The van der Waals surface area contributed by atoms with E-state index in [0.29, 0.717) is 16.3 Å². The molecule has 10 atom stereocenters. The number of aliphatic hydroxyl groups excluding tert-OH is 7. The molecule has 0 bridgehead atoms. The second-order valence-electron chi connectivity index (χ2n) is 9.75. The first-order valence-corrected chi connectivity index (χ1v) is 12.3. The summed E-state index contributed by atoms with van der Waals surface area (Å²) in [5.41, 5.74) is 0.916. The van der Waals surface area contributed by atoms with Gasteiger partial charge in [-0.2, -0.15) is 0 Å². The van der Waals surface area contributed by atoms with E-state index in [1.54, 1.807) is 19.9 Å². The van der Waals surface area contributed by atoms with E-state index in [1.807, 2.05) is 0 Å². The summed E-state index contributed by atoms with van der Waals surface area (Å²) in [4.78, 5) is 12.1. The zero-order valence-electron chi connectivity index (χ0n) is 20.9. The lowest BCUT2D eigenvalue weighted by Gasteiger charge is -2.45. The summed E-state index contributed by atoms with van der Waals surface area (Å²) in [5.74, 6) is -0.0716. The van der Waals surface area contributed by atoms with Gasteiger partial charge in [0.25, 0.3) is 0 Å². The van der Waals surface area contributed by atoms with E-state index >= 15 is 0 Å². The number of rotatable bonds is 6. The van der Waals surface area contributed by atoms with Crippen molar-refractivity contribution in [3.8, 4) is 5.75 Å². The van der Waals surface area contributed by atoms with Gasteiger partial charge in [-0.05, 0) is 31.0 Å². The quantitative estimate of drug-likeness (QED) is 0.166. The molecule has 0 unspecified atom stereocenters. The Morgan fingerprint density at radius 1 is 0.769 bits per heavy atom. The van der Waals surface area contributed by atoms with Crippen LogP contribution in [0.25, 0.3) is 21.9 Å². The van der Waals surface area contributed by atoms with Crippen LogP contribution in [0.2, 0.25) is 0 Å². The molecule has 4 heterocycles. The van der Waals surface area contributed by atoms with E-state index < -0.39 is 80.3 Å². The topological polar surface area (TPSA) is 222 Å². The van der Waals surface area contributed by atoms with Crippen LogP contribution < -0.4 is 10.4 Å². The van der Waals surface area contributed by atoms with Crippen molar-refractivity contribution in [2.24, 2.45) is 0 Å². The molecule has 0 saturated carbocycles. The average molecular weight is 555 g/mol. The maximum absolute atomic E-state index is 12.1. The first-order chi connectivity index (χ1) is 18.5. The summed E-state index contributed by atoms with van der Waals surface area (Å²) >= 11 is 0. The van der Waals surface area contributed by atoms with Gasteiger partial charge < -0.3 is 63.5 Å². The fourth-order valence-corrected chi connectivity index (χ4v) is 4.90. The fourth-order valence-electron chi connectivity index (χ4n) is 4.90. The molecular weight excluding hydrogens is 524 g/mol. The second-order valence-corrected chi connectivity index (χ2v) is 9.75. The molecule has 2 aromatic heterocycles. The van der Waals surface area contributed by atoms with Crippen LogP contribution in [-0.4, -0.2) is 110 Å². The lowest BCUT2D eigenvalue weighted by Crippen LogP contribution is -2.65. The lowest BCUT2D eigenvalue weighted by molar-refractivity contribution is -0.352. The first-order valence-electron chi connectivity index (χ1n) is 12.3. The van der Waals surface area contributed by atoms with Gasteiger partial charge in [-0.3, -0.25) is 0 Å². The number of aliphatic hydroxyl groups is 7. The van der Waals surface area contributed by atoms with Crippen LogP contribution in [0.4, 0.5) is 0 Å². The largest absolute Gasteiger partial charge is 0.460 e. The molecule has 3 aromatic rings. The van der Waals surface area contributed by atoms with E-state index in [1.165, 1.54) is 12.3 Å². The highest BCUT2D eigenvalue weighted by Gasteiger charge is 2.51. The summed E-state index contributed by atoms with van der Waals surface area (Å²) in [6.07, 6.45) is -14.7. The molecule has 0 amide bonds. The Hall–Kier alpha value is -2.63. The zero-order valence-corrected chi connectivity index (χ0v) is 20.9. The fraction of sp³-hybridized carbons (Fsp3) is 0.560. The third-order valence-electron chi connectivity index (χ3n) is 7.12. The summed E-state index contributed by atoms with van der Waals surface area (Å²) in [6, 6.07) is 3.08. The van der Waals surface area contributed by atoms with E-state index in [4.69, 9.17) is 27.8 Å². The number of fused-ring (bicyclic) bond motifs is 2. The molecule has 14 nitrogen and oxygen atoms in total. The van der Waals surface area contributed by atoms with Crippen LogP contribution in [0, 0.1) is 13.8 Å². The Morgan fingerprint density at radius 3 is 2.10 bits per heavy atom. The number of ether oxygens (including phenoxy) is 4. The molecule has 0 radical (unpaired) electrons. The maximum Gasteiger partial charge on any atom is 0.336 e. The Morgan fingerprint density at radius 2 is 1.41 bits per heavy atom. The second kappa shape index (κ2) is 10.7. The average Bonchev–Trinajstić information content (AvgIpc) is 3.28. The predicted molar refractivity (Wildman–Crippen MR) is 129 cm³/mol. The van der Waals surface area contributed by atoms with E-state index in [2.05, 4.69) is 0 Å². The van der Waals surface area contributed by atoms with Crippen molar-refractivity contribution in [2.75, 3.05) is 13.2 Å². The Bertz CT molecular complexity index is 1380. The highest BCUT2D eigenvalue weighted by molar-refractivity contribution is 6.02. The molecule has 14 heteroatoms. The van der Waals surface area contributed by atoms with Crippen molar-refractivity contribution in [3.63, 3.8) is 0 Å². The number of aryl methyl sites for hydroxylation is 2. The van der Waals surface area contributed by atoms with Gasteiger partial charge in [0.1, 0.15) is 48.8 Å². The van der Waals surface area contributed by atoms with Crippen molar-refractivity contribution in [3.05, 3.63) is 39.9 Å². The van der Waals surface area contributed by atoms with E-state index in [0.717, 1.165) is 5.56 Å². The molecular formula is C25H30O14. The van der Waals surface area contributed by atoms with Gasteiger partial charge >= 0.3 is 5.63 Å². The normalized spacial score (nSPS) is 35.5. The molecule has 39 heavy (non-hydrogen) atoms. The molecule has 2 fully saturated rings. The van der Waals surface area contributed by atoms with Gasteiger partial charge in [0, 0.05) is 16.8 Å². The molecule has 2 aliphatic heterocycles. The van der Waals surface area contributed by atoms with Crippen molar-refractivity contribution >= 4 is 21.9 Å². The number of furan rings is 1. The SMILES string of the molecule is Cc1coc2c(O[C@@H]3O[C@H](CO)[C@@H](O[C@@H]4O[C@H](CO)[C@H](O)[C@H](O)[C@H]4O)[C@H](O)[C@H]3O)c3oc(=O)cc(C)c3cc12. The van der Waals surface area contributed by atoms with Crippen LogP contribution in [0.1, 0.15) is 11.1 Å². The number of benzene rings is 1. The van der Waals surface area contributed by atoms with Crippen LogP contribution >= 0.6 is 0 Å². The van der Waals surface area contributed by atoms with Crippen LogP contribution in [0.5, 0.6) is 5.75 Å². The monoisotopic (exact) mass is 554 g/mol. The molecule has 2 aliphatic rings. The van der Waals surface area contributed by atoms with Crippen LogP contribution in [-0.2, 0) is 14.2 Å². The molecule has 0 spiro atoms. The Labute approximate surface area is 220 Å². The van der Waals surface area contributed by atoms with Gasteiger partial charge in [-0.1, -0.05) is 0 Å². The highest BCUT2D eigenvalue weighted by Crippen LogP contribution is 2.40. The molecule has 5 rings (SSSR count). The zero-order chi connectivity index (χ0) is 28.2. The minimum Gasteiger partial charge on any atom is -0.460 e. The van der Waals surface area contributed by atoms with E-state index in [-0.39, 0.29) is 16.9 Å². The van der Waals surface area contributed by atoms with Gasteiger partial charge in [0.2, 0.25) is 12.0 Å². The lowest BCUT2D eigenvalue weighted by atomic mass is 9.97. The number of hydrogen-bond donors (Lipinski definition) is 7. The Balaban J connectivity index is 1.45. The minimum absolute atomic E-state index is 0.0207. The van der Waals surface area contributed by atoms with Crippen LogP contribution in [0.3, 0.4) is 0 Å². The third kappa shape index (κ3) is 4.82. The van der Waals surface area contributed by atoms with Crippen molar-refractivity contribution in [2.45, 2.75) is 75.3 Å². The van der Waals surface area contributed by atoms with E-state index in [9.17, 15) is 40.5 Å². The molecule has 1 aromatic carbocycles. The summed E-state index contributed by atoms with van der Waals surface area (Å²) in [5, 5.41) is 72.7. The molecule has 2 saturated heterocycles. The van der Waals surface area contributed by atoms with Crippen molar-refractivity contribution < 1.29 is 63.5 Å². The molecule has 7 N–H and O–H groups in total. The van der Waals surface area contributed by atoms with Gasteiger partial charge in [0.15, 0.2) is 17.5 Å². The van der Waals surface area contributed by atoms with Crippen molar-refractivity contribution in [1.82, 2.24) is 0 Å². The number of hydrogen-bond acceptors (Lipinski definition) is 14. The van der Waals surface area contributed by atoms with Crippen LogP contribution in [0.15, 0.2) is 32.0 Å². The summed E-state index contributed by atoms with van der Waals surface area (Å²) in [7, 11) is 0. The minimum atomic E-state index is -1.81.